The zero-order valence-electron chi connectivity index (χ0n) is 16.8. The summed E-state index contributed by atoms with van der Waals surface area (Å²) in [5, 5.41) is 5.55. The molecule has 0 fully saturated rings. The lowest BCUT2D eigenvalue weighted by atomic mass is 10.1. The normalized spacial score (nSPS) is 11.6. The van der Waals surface area contributed by atoms with Crippen molar-refractivity contribution in [3.05, 3.63) is 54.1 Å². The molecule has 2 aromatic carbocycles. The number of thiocarbonyl (C=S) groups is 1. The summed E-state index contributed by atoms with van der Waals surface area (Å²) in [7, 11) is -3.62. The van der Waals surface area contributed by atoms with E-state index in [4.69, 9.17) is 17.0 Å². The average molecular weight is 436 g/mol. The van der Waals surface area contributed by atoms with Crippen LogP contribution in [-0.2, 0) is 10.0 Å². The first-order chi connectivity index (χ1) is 13.5. The lowest BCUT2D eigenvalue weighted by Gasteiger charge is -2.20. The molecule has 0 aliphatic heterocycles. The van der Waals surface area contributed by atoms with E-state index >= 15 is 0 Å². The van der Waals surface area contributed by atoms with Gasteiger partial charge >= 0.3 is 0 Å². The Balaban J connectivity index is 1.97. The van der Waals surface area contributed by atoms with E-state index < -0.39 is 15.6 Å². The summed E-state index contributed by atoms with van der Waals surface area (Å²) in [6, 6.07) is 12.8. The number of nitrogens with one attached hydrogen (secondary N) is 3. The van der Waals surface area contributed by atoms with Crippen LogP contribution in [0.4, 0.5) is 5.69 Å². The summed E-state index contributed by atoms with van der Waals surface area (Å²) < 4.78 is 32.6. The molecule has 0 aliphatic carbocycles. The van der Waals surface area contributed by atoms with Gasteiger partial charge < -0.3 is 10.1 Å². The zero-order chi connectivity index (χ0) is 21.7. The van der Waals surface area contributed by atoms with Crippen molar-refractivity contribution in [3.8, 4) is 5.75 Å². The predicted molar refractivity (Wildman–Crippen MR) is 118 cm³/mol. The number of ether oxygens (including phenoxy) is 1. The summed E-state index contributed by atoms with van der Waals surface area (Å²) in [5.41, 5.74) is 0.409. The fourth-order valence-electron chi connectivity index (χ4n) is 2.39. The summed E-state index contributed by atoms with van der Waals surface area (Å²) >= 11 is 5.16. The van der Waals surface area contributed by atoms with Crippen molar-refractivity contribution in [2.45, 2.75) is 38.1 Å². The van der Waals surface area contributed by atoms with Crippen LogP contribution in [0.15, 0.2) is 53.4 Å². The van der Waals surface area contributed by atoms with E-state index in [2.05, 4.69) is 15.4 Å². The van der Waals surface area contributed by atoms with Crippen molar-refractivity contribution in [1.29, 1.82) is 0 Å². The Hall–Kier alpha value is -2.49. The first kappa shape index (κ1) is 22.8. The molecule has 0 spiro atoms. The van der Waals surface area contributed by atoms with E-state index in [0.717, 1.165) is 0 Å². The zero-order valence-corrected chi connectivity index (χ0v) is 18.4. The minimum absolute atomic E-state index is 0.104. The third-order valence-corrected chi connectivity index (χ3v) is 5.50. The summed E-state index contributed by atoms with van der Waals surface area (Å²) in [6.45, 7) is 7.74. The van der Waals surface area contributed by atoms with Crippen molar-refractivity contribution >= 4 is 38.9 Å². The minimum Gasteiger partial charge on any atom is -0.494 e. The maximum absolute atomic E-state index is 12.3. The molecule has 0 saturated carbocycles. The summed E-state index contributed by atoms with van der Waals surface area (Å²) in [4.78, 5) is 12.4. The highest BCUT2D eigenvalue weighted by Gasteiger charge is 2.21. The molecule has 156 valence electrons. The average Bonchev–Trinajstić information content (AvgIpc) is 2.61. The van der Waals surface area contributed by atoms with E-state index in [-0.39, 0.29) is 15.9 Å². The Labute approximate surface area is 176 Å². The van der Waals surface area contributed by atoms with Crippen LogP contribution in [0.1, 0.15) is 38.1 Å². The van der Waals surface area contributed by atoms with E-state index in [9.17, 15) is 13.2 Å². The van der Waals surface area contributed by atoms with Gasteiger partial charge in [-0.3, -0.25) is 10.1 Å². The number of benzene rings is 2. The molecule has 3 N–H and O–H groups in total. The Bertz CT molecular complexity index is 964. The van der Waals surface area contributed by atoms with Gasteiger partial charge in [0.2, 0.25) is 10.0 Å². The van der Waals surface area contributed by atoms with Gasteiger partial charge in [0.05, 0.1) is 11.5 Å². The molecule has 0 atom stereocenters. The second kappa shape index (κ2) is 9.34. The van der Waals surface area contributed by atoms with Crippen LogP contribution >= 0.6 is 12.2 Å². The molecule has 0 unspecified atom stereocenters. The van der Waals surface area contributed by atoms with Gasteiger partial charge in [-0.05, 0) is 88.4 Å². The fourth-order valence-corrected chi connectivity index (χ4v) is 4.02. The highest BCUT2D eigenvalue weighted by Crippen LogP contribution is 2.16. The molecule has 0 aliphatic rings. The molecule has 0 saturated heterocycles. The van der Waals surface area contributed by atoms with Gasteiger partial charge in [-0.1, -0.05) is 0 Å². The second-order valence-electron chi connectivity index (χ2n) is 7.25. The number of carbonyl (C=O) groups excluding carboxylic acids is 1. The molecule has 0 heterocycles. The van der Waals surface area contributed by atoms with E-state index in [1.54, 1.807) is 57.2 Å². The van der Waals surface area contributed by atoms with Gasteiger partial charge in [0.25, 0.3) is 5.91 Å². The topological polar surface area (TPSA) is 96.5 Å². The number of amides is 1. The lowest BCUT2D eigenvalue weighted by molar-refractivity contribution is 0.0977. The van der Waals surface area contributed by atoms with Crippen LogP contribution in [0.5, 0.6) is 5.75 Å². The van der Waals surface area contributed by atoms with E-state index in [1.165, 1.54) is 12.1 Å². The Morgan fingerprint density at radius 1 is 1.03 bits per heavy atom. The second-order valence-corrected chi connectivity index (χ2v) is 9.34. The molecule has 0 aromatic heterocycles. The molecule has 0 bridgehead atoms. The lowest BCUT2D eigenvalue weighted by Crippen LogP contribution is -2.40. The number of hydrogen-bond acceptors (Lipinski definition) is 5. The summed E-state index contributed by atoms with van der Waals surface area (Å²) in [6.07, 6.45) is 0. The number of sulfonamides is 1. The van der Waals surface area contributed by atoms with Crippen LogP contribution < -0.4 is 20.1 Å². The highest BCUT2D eigenvalue weighted by molar-refractivity contribution is 7.89. The van der Waals surface area contributed by atoms with Crippen LogP contribution in [0.2, 0.25) is 0 Å². The van der Waals surface area contributed by atoms with Crippen molar-refractivity contribution in [2.75, 3.05) is 11.9 Å². The van der Waals surface area contributed by atoms with Gasteiger partial charge in [0.15, 0.2) is 5.11 Å². The highest BCUT2D eigenvalue weighted by atomic mass is 32.2. The SMILES string of the molecule is CCOc1ccc(C(=O)NC(=S)Nc2ccc(S(=O)(=O)NC(C)(C)C)cc2)cc1. The standard InChI is InChI=1S/C20H25N3O4S2/c1-5-27-16-10-6-14(7-11-16)18(24)22-19(28)21-15-8-12-17(13-9-15)29(25,26)23-20(2,3)4/h6-13,23H,5H2,1-4H3,(H2,21,22,24,28). The van der Waals surface area contributed by atoms with Crippen LogP contribution in [0, 0.1) is 0 Å². The van der Waals surface area contributed by atoms with Gasteiger partial charge in [0.1, 0.15) is 5.75 Å². The molecule has 2 aromatic rings. The van der Waals surface area contributed by atoms with Crippen LogP contribution in [0.25, 0.3) is 0 Å². The van der Waals surface area contributed by atoms with Gasteiger partial charge in [-0.25, -0.2) is 13.1 Å². The molecule has 1 amide bonds. The molecule has 7 nitrogen and oxygen atoms in total. The third kappa shape index (κ3) is 7.12. The quantitative estimate of drug-likeness (QED) is 0.603. The number of carbonyl (C=O) groups is 1. The maximum atomic E-state index is 12.3. The molecule has 0 radical (unpaired) electrons. The van der Waals surface area contributed by atoms with Gasteiger partial charge in [-0.2, -0.15) is 0 Å². The van der Waals surface area contributed by atoms with Gasteiger partial charge in [-0.15, -0.1) is 0 Å². The van der Waals surface area contributed by atoms with E-state index in [1.807, 2.05) is 6.92 Å². The van der Waals surface area contributed by atoms with Crippen molar-refractivity contribution in [3.63, 3.8) is 0 Å². The number of anilines is 1. The first-order valence-electron chi connectivity index (χ1n) is 8.99. The summed E-state index contributed by atoms with van der Waals surface area (Å²) in [5.74, 6) is 0.319. The molecular formula is C20H25N3O4S2. The predicted octanol–water partition coefficient (Wildman–Crippen LogP) is 3.29. The Morgan fingerprint density at radius 3 is 2.14 bits per heavy atom. The Kier molecular flexibility index (Phi) is 7.34. The van der Waals surface area contributed by atoms with Crippen molar-refractivity contribution in [2.24, 2.45) is 0 Å². The minimum atomic E-state index is -3.62. The molecular weight excluding hydrogens is 410 g/mol. The molecule has 2 rings (SSSR count). The monoisotopic (exact) mass is 435 g/mol. The van der Waals surface area contributed by atoms with Crippen molar-refractivity contribution in [1.82, 2.24) is 10.0 Å². The maximum Gasteiger partial charge on any atom is 0.257 e. The largest absolute Gasteiger partial charge is 0.494 e. The van der Waals surface area contributed by atoms with Crippen LogP contribution in [0.3, 0.4) is 0 Å². The first-order valence-corrected chi connectivity index (χ1v) is 10.9. The molecule has 29 heavy (non-hydrogen) atoms. The number of rotatable bonds is 6. The van der Waals surface area contributed by atoms with E-state index in [0.29, 0.717) is 23.6 Å². The third-order valence-electron chi connectivity index (χ3n) is 3.52. The van der Waals surface area contributed by atoms with Crippen molar-refractivity contribution < 1.29 is 17.9 Å². The Morgan fingerprint density at radius 2 is 1.62 bits per heavy atom. The van der Waals surface area contributed by atoms with Gasteiger partial charge in [0, 0.05) is 16.8 Å². The fraction of sp³-hybridized carbons (Fsp3) is 0.300. The molecule has 9 heteroatoms. The number of hydrogen-bond donors (Lipinski definition) is 3. The van der Waals surface area contributed by atoms with Crippen LogP contribution in [-0.4, -0.2) is 31.6 Å². The smallest absolute Gasteiger partial charge is 0.257 e.